The maximum Gasteiger partial charge on any atom is 0.321 e. The Labute approximate surface area is 143 Å². The molecule has 128 valence electrons. The van der Waals surface area contributed by atoms with E-state index in [0.717, 1.165) is 17.7 Å². The summed E-state index contributed by atoms with van der Waals surface area (Å²) < 4.78 is 0. The Kier molecular flexibility index (Phi) is 7.32. The van der Waals surface area contributed by atoms with Crippen LogP contribution in [0.3, 0.4) is 0 Å². The highest BCUT2D eigenvalue weighted by Gasteiger charge is 2.24. The predicted octanol–water partition coefficient (Wildman–Crippen LogP) is 2.27. The highest BCUT2D eigenvalue weighted by Crippen LogP contribution is 2.30. The largest absolute Gasteiger partial charge is 0.338 e. The van der Waals surface area contributed by atoms with E-state index >= 15 is 0 Å². The first-order valence-electron chi connectivity index (χ1n) is 7.75. The second kappa shape index (κ2) is 8.74. The number of nitrogens with one attached hydrogen (secondary N) is 2. The number of nitrogens with two attached hydrogens (primary N) is 1. The van der Waals surface area contributed by atoms with E-state index < -0.39 is 0 Å². The molecule has 1 atom stereocenters. The van der Waals surface area contributed by atoms with Crippen molar-refractivity contribution in [3.63, 3.8) is 0 Å². The molecular formula is C16H25ClN4O2. The number of nitrogens with zero attached hydrogens (tertiary/aromatic N) is 1. The number of benzene rings is 1. The van der Waals surface area contributed by atoms with Crippen LogP contribution in [0.2, 0.25) is 0 Å². The zero-order valence-electron chi connectivity index (χ0n) is 13.6. The normalized spacial score (nSPS) is 13.8. The van der Waals surface area contributed by atoms with Crippen molar-refractivity contribution in [2.75, 3.05) is 23.3 Å². The van der Waals surface area contributed by atoms with Gasteiger partial charge in [0, 0.05) is 31.2 Å². The second-order valence-corrected chi connectivity index (χ2v) is 5.64. The minimum atomic E-state index is -0.0957. The lowest BCUT2D eigenvalue weighted by Crippen LogP contribution is -2.38. The fourth-order valence-corrected chi connectivity index (χ4v) is 2.50. The van der Waals surface area contributed by atoms with Crippen LogP contribution < -0.4 is 21.3 Å². The highest BCUT2D eigenvalue weighted by atomic mass is 35.5. The van der Waals surface area contributed by atoms with Gasteiger partial charge in [0.1, 0.15) is 0 Å². The molecule has 0 saturated heterocycles. The lowest BCUT2D eigenvalue weighted by molar-refractivity contribution is -0.116. The van der Waals surface area contributed by atoms with E-state index in [2.05, 4.69) is 10.6 Å². The SMILES string of the molecule is CCNC(=O)N1CCc2ccc(NC(=O)CCC(C)N)cc21.Cl. The molecule has 0 spiro atoms. The van der Waals surface area contributed by atoms with Crippen LogP contribution in [0.5, 0.6) is 0 Å². The van der Waals surface area contributed by atoms with Gasteiger partial charge in [-0.25, -0.2) is 4.79 Å². The summed E-state index contributed by atoms with van der Waals surface area (Å²) in [5.74, 6) is -0.0557. The van der Waals surface area contributed by atoms with E-state index in [-0.39, 0.29) is 30.4 Å². The monoisotopic (exact) mass is 340 g/mol. The number of anilines is 2. The molecule has 1 aliphatic rings. The van der Waals surface area contributed by atoms with Crippen molar-refractivity contribution in [2.45, 2.75) is 39.2 Å². The smallest absolute Gasteiger partial charge is 0.321 e. The third kappa shape index (κ3) is 5.11. The molecule has 7 heteroatoms. The third-order valence-corrected chi connectivity index (χ3v) is 3.66. The van der Waals surface area contributed by atoms with Crippen molar-refractivity contribution in [1.29, 1.82) is 0 Å². The van der Waals surface area contributed by atoms with Crippen molar-refractivity contribution < 1.29 is 9.59 Å². The highest BCUT2D eigenvalue weighted by molar-refractivity contribution is 5.96. The first-order chi connectivity index (χ1) is 10.5. The van der Waals surface area contributed by atoms with Gasteiger partial charge >= 0.3 is 6.03 Å². The molecule has 1 aliphatic heterocycles. The number of halogens is 1. The van der Waals surface area contributed by atoms with Gasteiger partial charge < -0.3 is 16.4 Å². The van der Waals surface area contributed by atoms with Crippen LogP contribution in [0.25, 0.3) is 0 Å². The van der Waals surface area contributed by atoms with Crippen LogP contribution in [0.15, 0.2) is 18.2 Å². The lowest BCUT2D eigenvalue weighted by Gasteiger charge is -2.18. The summed E-state index contributed by atoms with van der Waals surface area (Å²) in [6.07, 6.45) is 1.89. The molecule has 3 amide bonds. The Hall–Kier alpha value is -1.79. The van der Waals surface area contributed by atoms with Crippen molar-refractivity contribution in [3.8, 4) is 0 Å². The van der Waals surface area contributed by atoms with Gasteiger partial charge in [-0.05, 0) is 44.4 Å². The minimum Gasteiger partial charge on any atom is -0.338 e. The number of carbonyl (C=O) groups excluding carboxylic acids is 2. The molecule has 0 aliphatic carbocycles. The van der Waals surface area contributed by atoms with E-state index in [1.807, 2.05) is 32.0 Å². The maximum atomic E-state index is 12.0. The summed E-state index contributed by atoms with van der Waals surface area (Å²) in [7, 11) is 0. The van der Waals surface area contributed by atoms with E-state index in [1.54, 1.807) is 4.90 Å². The number of carbonyl (C=O) groups is 2. The molecule has 23 heavy (non-hydrogen) atoms. The van der Waals surface area contributed by atoms with Crippen LogP contribution in [-0.2, 0) is 11.2 Å². The summed E-state index contributed by atoms with van der Waals surface area (Å²) in [6, 6.07) is 5.63. The van der Waals surface area contributed by atoms with Crippen molar-refractivity contribution in [3.05, 3.63) is 23.8 Å². The summed E-state index contributed by atoms with van der Waals surface area (Å²) >= 11 is 0. The number of hydrogen-bond donors (Lipinski definition) is 3. The van der Waals surface area contributed by atoms with Gasteiger partial charge in [-0.3, -0.25) is 9.69 Å². The standard InChI is InChI=1S/C16H24N4O2.ClH/c1-3-18-16(22)20-9-8-12-5-6-13(10-14(12)20)19-15(21)7-4-11(2)17;/h5-6,10-11H,3-4,7-9,17H2,1-2H3,(H,18,22)(H,19,21);1H. The Balaban J connectivity index is 0.00000264. The van der Waals surface area contributed by atoms with Gasteiger partial charge in [0.15, 0.2) is 0 Å². The molecule has 4 N–H and O–H groups in total. The van der Waals surface area contributed by atoms with E-state index in [0.29, 0.717) is 31.6 Å². The molecule has 0 radical (unpaired) electrons. The van der Waals surface area contributed by atoms with Crippen LogP contribution in [-0.4, -0.2) is 31.1 Å². The zero-order chi connectivity index (χ0) is 16.1. The van der Waals surface area contributed by atoms with Crippen LogP contribution in [0.4, 0.5) is 16.2 Å². The van der Waals surface area contributed by atoms with Gasteiger partial charge in [0.2, 0.25) is 5.91 Å². The van der Waals surface area contributed by atoms with E-state index in [9.17, 15) is 9.59 Å². The Morgan fingerprint density at radius 1 is 1.39 bits per heavy atom. The number of rotatable bonds is 5. The topological polar surface area (TPSA) is 87.5 Å². The molecule has 6 nitrogen and oxygen atoms in total. The fourth-order valence-electron chi connectivity index (χ4n) is 2.50. The van der Waals surface area contributed by atoms with Crippen molar-refractivity contribution >= 4 is 35.7 Å². The molecule has 0 fully saturated rings. The molecule has 1 heterocycles. The van der Waals surface area contributed by atoms with Crippen molar-refractivity contribution in [1.82, 2.24) is 5.32 Å². The number of fused-ring (bicyclic) bond motifs is 1. The Morgan fingerprint density at radius 2 is 2.13 bits per heavy atom. The van der Waals surface area contributed by atoms with Crippen LogP contribution >= 0.6 is 12.4 Å². The van der Waals surface area contributed by atoms with Gasteiger partial charge in [-0.2, -0.15) is 0 Å². The van der Waals surface area contributed by atoms with E-state index in [1.165, 1.54) is 0 Å². The first kappa shape index (κ1) is 19.3. The average molecular weight is 341 g/mol. The van der Waals surface area contributed by atoms with E-state index in [4.69, 9.17) is 5.73 Å². The predicted molar refractivity (Wildman–Crippen MR) is 95.3 cm³/mol. The summed E-state index contributed by atoms with van der Waals surface area (Å²) in [5.41, 5.74) is 8.37. The molecule has 2 rings (SSSR count). The Bertz CT molecular complexity index is 563. The fraction of sp³-hybridized carbons (Fsp3) is 0.500. The summed E-state index contributed by atoms with van der Waals surface area (Å²) in [5, 5.41) is 5.67. The number of hydrogen-bond acceptors (Lipinski definition) is 3. The second-order valence-electron chi connectivity index (χ2n) is 5.64. The quantitative estimate of drug-likeness (QED) is 0.768. The molecule has 1 unspecified atom stereocenters. The third-order valence-electron chi connectivity index (χ3n) is 3.66. The lowest BCUT2D eigenvalue weighted by atomic mass is 10.1. The minimum absolute atomic E-state index is 0. The summed E-state index contributed by atoms with van der Waals surface area (Å²) in [6.45, 7) is 5.04. The summed E-state index contributed by atoms with van der Waals surface area (Å²) in [4.78, 5) is 25.6. The molecule has 0 saturated carbocycles. The number of amides is 3. The van der Waals surface area contributed by atoms with Crippen LogP contribution in [0, 0.1) is 0 Å². The number of urea groups is 1. The van der Waals surface area contributed by atoms with Gasteiger partial charge in [-0.15, -0.1) is 12.4 Å². The van der Waals surface area contributed by atoms with Crippen molar-refractivity contribution in [2.24, 2.45) is 5.73 Å². The molecule has 1 aromatic rings. The first-order valence-corrected chi connectivity index (χ1v) is 7.75. The molecule has 1 aromatic carbocycles. The van der Waals surface area contributed by atoms with Gasteiger partial charge in [0.25, 0.3) is 0 Å². The molecular weight excluding hydrogens is 316 g/mol. The van der Waals surface area contributed by atoms with Crippen LogP contribution in [0.1, 0.15) is 32.3 Å². The Morgan fingerprint density at radius 3 is 2.78 bits per heavy atom. The maximum absolute atomic E-state index is 12.0. The molecule has 0 aromatic heterocycles. The van der Waals surface area contributed by atoms with Gasteiger partial charge in [0.05, 0.1) is 5.69 Å². The average Bonchev–Trinajstić information content (AvgIpc) is 2.88. The van der Waals surface area contributed by atoms with Gasteiger partial charge in [-0.1, -0.05) is 6.07 Å². The molecule has 0 bridgehead atoms. The zero-order valence-corrected chi connectivity index (χ0v) is 14.4.